The highest BCUT2D eigenvalue weighted by molar-refractivity contribution is 7.91. The van der Waals surface area contributed by atoms with Crippen molar-refractivity contribution in [3.8, 4) is 6.01 Å². The highest BCUT2D eigenvalue weighted by Gasteiger charge is 2.62. The van der Waals surface area contributed by atoms with E-state index < -0.39 is 79.3 Å². The second kappa shape index (κ2) is 16.5. The standard InChI is InChI=1S/C41H50F4N6O6S/c1-6-8-9-10-11-12-27(17-26-13-14-31(42)30(18-26)41(43,44)45)36(53)50-23-29(57-38-48-32-22-46-24-47-35(32)51(38)25(3)4)19-33(50)34(52)21-40(20-28(40)7-2)37(54)49-58(55,56)39(5)15-16-39/h6-7,13-14,18,22,24-25,27-29,33H,1-2,8-12,15-17,19-21,23H2,3-5H3,(H,49,54)/t27-,28-,29-,33+,40-/m1/s1. The Labute approximate surface area is 335 Å². The number of unbranched alkanes of at least 4 members (excludes halogenated alkanes) is 3. The van der Waals surface area contributed by atoms with Crippen molar-refractivity contribution in [3.63, 3.8) is 0 Å². The minimum atomic E-state index is -4.95. The Balaban J connectivity index is 1.32. The highest BCUT2D eigenvalue weighted by Crippen LogP contribution is 2.57. The van der Waals surface area contributed by atoms with Crippen molar-refractivity contribution in [1.29, 1.82) is 0 Å². The Morgan fingerprint density at radius 3 is 2.52 bits per heavy atom. The molecule has 2 aliphatic carbocycles. The number of sulfonamides is 1. The molecule has 1 saturated heterocycles. The van der Waals surface area contributed by atoms with Gasteiger partial charge in [0.2, 0.25) is 21.8 Å². The fraction of sp³-hybridized carbons (Fsp3) is 0.561. The number of nitrogens with one attached hydrogen (secondary N) is 1. The zero-order valence-electron chi connectivity index (χ0n) is 32.9. The summed E-state index contributed by atoms with van der Waals surface area (Å²) in [7, 11) is -4.02. The van der Waals surface area contributed by atoms with Gasteiger partial charge in [-0.3, -0.25) is 23.7 Å². The van der Waals surface area contributed by atoms with E-state index in [1.54, 1.807) is 17.6 Å². The highest BCUT2D eigenvalue weighted by atomic mass is 32.2. The number of amides is 2. The van der Waals surface area contributed by atoms with Crippen molar-refractivity contribution >= 4 is 38.8 Å². The number of hydrogen-bond acceptors (Lipinski definition) is 9. The van der Waals surface area contributed by atoms with Crippen LogP contribution in [0.3, 0.4) is 0 Å². The zero-order valence-corrected chi connectivity index (χ0v) is 33.7. The summed E-state index contributed by atoms with van der Waals surface area (Å²) >= 11 is 0. The number of alkyl halides is 3. The third-order valence-electron chi connectivity index (χ3n) is 11.8. The van der Waals surface area contributed by atoms with Crippen LogP contribution in [-0.2, 0) is 37.0 Å². The molecule has 17 heteroatoms. The molecule has 3 fully saturated rings. The molecule has 1 aliphatic heterocycles. The van der Waals surface area contributed by atoms with Crippen molar-refractivity contribution in [2.24, 2.45) is 17.3 Å². The summed E-state index contributed by atoms with van der Waals surface area (Å²) in [6.45, 7) is 12.8. The van der Waals surface area contributed by atoms with E-state index in [1.807, 2.05) is 13.8 Å². The molecule has 1 aromatic carbocycles. The van der Waals surface area contributed by atoms with E-state index >= 15 is 0 Å². The summed E-state index contributed by atoms with van der Waals surface area (Å²) in [6.07, 6.45) is 3.91. The number of halogens is 4. The fourth-order valence-corrected chi connectivity index (χ4v) is 9.30. The van der Waals surface area contributed by atoms with E-state index in [0.717, 1.165) is 18.9 Å². The van der Waals surface area contributed by atoms with Crippen LogP contribution in [0.5, 0.6) is 6.01 Å². The molecule has 2 aromatic heterocycles. The molecule has 2 amide bonds. The molecule has 0 spiro atoms. The van der Waals surface area contributed by atoms with Gasteiger partial charge in [-0.2, -0.15) is 18.2 Å². The SMILES string of the molecule is C=CCCCCC[C@H](Cc1ccc(F)c(C(F)(F)F)c1)C(=O)N1C[C@H](Oc2nc3cncnc3n2C(C)C)C[C@H]1C(=O)C[C@]1(C(=O)NS(=O)(=O)C2(C)CC2)C[C@H]1C=C. The number of ether oxygens (including phenoxy) is 1. The van der Waals surface area contributed by atoms with E-state index in [1.165, 1.54) is 29.6 Å². The van der Waals surface area contributed by atoms with Gasteiger partial charge in [0, 0.05) is 24.8 Å². The number of allylic oxidation sites excluding steroid dienone is 2. The normalized spacial score (nSPS) is 23.1. The predicted molar refractivity (Wildman–Crippen MR) is 207 cm³/mol. The van der Waals surface area contributed by atoms with E-state index in [2.05, 4.69) is 32.8 Å². The summed E-state index contributed by atoms with van der Waals surface area (Å²) in [5.74, 6) is -4.63. The van der Waals surface area contributed by atoms with Crippen molar-refractivity contribution in [1.82, 2.24) is 29.1 Å². The topological polar surface area (TPSA) is 153 Å². The van der Waals surface area contributed by atoms with Crippen molar-refractivity contribution in [2.75, 3.05) is 6.54 Å². The lowest BCUT2D eigenvalue weighted by Crippen LogP contribution is -2.47. The van der Waals surface area contributed by atoms with Gasteiger partial charge in [-0.25, -0.2) is 22.8 Å². The van der Waals surface area contributed by atoms with Crippen molar-refractivity contribution in [2.45, 2.75) is 121 Å². The Hall–Kier alpha value is -4.67. The number of imidazole rings is 1. The lowest BCUT2D eigenvalue weighted by atomic mass is 9.89. The Bertz CT molecular complexity index is 2190. The van der Waals surface area contributed by atoms with Gasteiger partial charge < -0.3 is 9.64 Å². The minimum Gasteiger partial charge on any atom is -0.459 e. The lowest BCUT2D eigenvalue weighted by molar-refractivity contribution is -0.142. The monoisotopic (exact) mass is 830 g/mol. The van der Waals surface area contributed by atoms with Crippen LogP contribution in [0.1, 0.15) is 102 Å². The number of ketones is 1. The first-order valence-electron chi connectivity index (χ1n) is 19.7. The smallest absolute Gasteiger partial charge is 0.419 e. The Morgan fingerprint density at radius 2 is 1.88 bits per heavy atom. The fourth-order valence-electron chi connectivity index (χ4n) is 7.97. The van der Waals surface area contributed by atoms with Gasteiger partial charge in [0.05, 0.1) is 34.5 Å². The summed E-state index contributed by atoms with van der Waals surface area (Å²) in [5, 5.41) is 0. The molecule has 3 aromatic rings. The number of fused-ring (bicyclic) bond motifs is 1. The number of aromatic nitrogens is 4. The largest absolute Gasteiger partial charge is 0.459 e. The number of nitrogens with zero attached hydrogens (tertiary/aromatic N) is 5. The molecule has 6 rings (SSSR count). The summed E-state index contributed by atoms with van der Waals surface area (Å²) < 4.78 is 91.0. The number of Topliss-reactive ketones (excluding diaryl/α,β-unsaturated/α-hetero) is 1. The van der Waals surface area contributed by atoms with E-state index in [9.17, 15) is 40.4 Å². The zero-order chi connectivity index (χ0) is 42.2. The average molecular weight is 831 g/mol. The molecule has 12 nitrogen and oxygen atoms in total. The van der Waals surface area contributed by atoms with Crippen molar-refractivity contribution < 1.29 is 45.1 Å². The molecular formula is C41H50F4N6O6S. The van der Waals surface area contributed by atoms with Gasteiger partial charge in [-0.15, -0.1) is 13.2 Å². The van der Waals surface area contributed by atoms with Gasteiger partial charge in [-0.05, 0) is 89.3 Å². The molecule has 0 bridgehead atoms. The first kappa shape index (κ1) is 42.9. The maximum absolute atomic E-state index is 14.8. The molecule has 58 heavy (non-hydrogen) atoms. The van der Waals surface area contributed by atoms with Crippen LogP contribution in [0.25, 0.3) is 11.2 Å². The summed E-state index contributed by atoms with van der Waals surface area (Å²) in [4.78, 5) is 57.4. The summed E-state index contributed by atoms with van der Waals surface area (Å²) in [6, 6.07) is 1.57. The third-order valence-corrected chi connectivity index (χ3v) is 14.0. The number of carbonyl (C=O) groups excluding carboxylic acids is 3. The van der Waals surface area contributed by atoms with Crippen LogP contribution in [0, 0.1) is 23.1 Å². The maximum Gasteiger partial charge on any atom is 0.419 e. The van der Waals surface area contributed by atoms with Crippen molar-refractivity contribution in [3.05, 3.63) is 73.0 Å². The number of rotatable bonds is 19. The lowest BCUT2D eigenvalue weighted by Gasteiger charge is -2.29. The van der Waals surface area contributed by atoms with Crippen LogP contribution in [0.15, 0.2) is 56.0 Å². The number of likely N-dealkylation sites (tertiary alicyclic amines) is 1. The molecule has 3 aliphatic rings. The second-order valence-corrected chi connectivity index (χ2v) is 18.6. The molecule has 5 atom stereocenters. The second-order valence-electron chi connectivity index (χ2n) is 16.4. The molecule has 2 saturated carbocycles. The van der Waals surface area contributed by atoms with Gasteiger partial charge in [0.15, 0.2) is 11.4 Å². The van der Waals surface area contributed by atoms with E-state index in [-0.39, 0.29) is 56.3 Å². The average Bonchev–Trinajstić information content (AvgIpc) is 3.99. The minimum absolute atomic E-state index is 0.00873. The maximum atomic E-state index is 14.8. The molecular weight excluding hydrogens is 781 g/mol. The van der Waals surface area contributed by atoms with Crippen LogP contribution in [0.4, 0.5) is 17.6 Å². The van der Waals surface area contributed by atoms with Gasteiger partial charge in [0.25, 0.3) is 6.01 Å². The van der Waals surface area contributed by atoms with E-state index in [0.29, 0.717) is 42.9 Å². The predicted octanol–water partition coefficient (Wildman–Crippen LogP) is 7.06. The number of hydrogen-bond donors (Lipinski definition) is 1. The first-order chi connectivity index (χ1) is 27.3. The molecule has 3 heterocycles. The van der Waals surface area contributed by atoms with Crippen LogP contribution in [0.2, 0.25) is 0 Å². The Morgan fingerprint density at radius 1 is 1.14 bits per heavy atom. The van der Waals surface area contributed by atoms with Gasteiger partial charge >= 0.3 is 6.18 Å². The summed E-state index contributed by atoms with van der Waals surface area (Å²) in [5.41, 5.74) is -1.76. The molecule has 0 radical (unpaired) electrons. The number of carbonyl (C=O) groups is 3. The van der Waals surface area contributed by atoms with E-state index in [4.69, 9.17) is 4.74 Å². The molecule has 0 unspecified atom stereocenters. The quantitative estimate of drug-likeness (QED) is 0.0761. The van der Waals surface area contributed by atoms with Gasteiger partial charge in [-0.1, -0.05) is 31.1 Å². The first-order valence-corrected chi connectivity index (χ1v) is 21.2. The van der Waals surface area contributed by atoms with Crippen LogP contribution < -0.4 is 9.46 Å². The third kappa shape index (κ3) is 8.83. The molecule has 1 N–H and O–H groups in total. The Kier molecular flexibility index (Phi) is 12.2. The van der Waals surface area contributed by atoms with Crippen LogP contribution in [-0.4, -0.2) is 73.9 Å². The van der Waals surface area contributed by atoms with Gasteiger partial charge in [0.1, 0.15) is 23.8 Å². The molecule has 314 valence electrons. The van der Waals surface area contributed by atoms with Crippen LogP contribution >= 0.6 is 0 Å². The number of benzene rings is 1.